The fourth-order valence-corrected chi connectivity index (χ4v) is 2.79. The Morgan fingerprint density at radius 3 is 2.70 bits per heavy atom. The third-order valence-corrected chi connectivity index (χ3v) is 4.10. The second-order valence-corrected chi connectivity index (χ2v) is 5.63. The van der Waals surface area contributed by atoms with Crippen molar-refractivity contribution in [2.75, 3.05) is 19.6 Å². The molecule has 0 aliphatic carbocycles. The molecular formula is C15H26N4O. The van der Waals surface area contributed by atoms with E-state index in [2.05, 4.69) is 16.8 Å². The maximum Gasteiger partial charge on any atom is 0.239 e. The summed E-state index contributed by atoms with van der Waals surface area (Å²) >= 11 is 0. The summed E-state index contributed by atoms with van der Waals surface area (Å²) in [7, 11) is 2.00. The summed E-state index contributed by atoms with van der Waals surface area (Å²) in [6, 6.07) is -0.0650. The molecule has 1 aliphatic heterocycles. The van der Waals surface area contributed by atoms with Crippen molar-refractivity contribution in [3.63, 3.8) is 0 Å². The molecule has 112 valence electrons. The number of aromatic nitrogens is 2. The molecule has 20 heavy (non-hydrogen) atoms. The van der Waals surface area contributed by atoms with E-state index in [1.54, 1.807) is 0 Å². The third-order valence-electron chi connectivity index (χ3n) is 4.10. The van der Waals surface area contributed by atoms with E-state index in [0.29, 0.717) is 0 Å². The van der Waals surface area contributed by atoms with Crippen LogP contribution in [0.3, 0.4) is 0 Å². The van der Waals surface area contributed by atoms with Crippen LogP contribution in [-0.2, 0) is 18.4 Å². The van der Waals surface area contributed by atoms with Crippen LogP contribution in [-0.4, -0.2) is 50.9 Å². The molecule has 0 N–H and O–H groups in total. The van der Waals surface area contributed by atoms with Gasteiger partial charge in [-0.25, -0.2) is 4.98 Å². The molecule has 0 bridgehead atoms. The molecule has 1 aliphatic rings. The Labute approximate surface area is 121 Å². The maximum absolute atomic E-state index is 12.5. The predicted molar refractivity (Wildman–Crippen MR) is 79.2 cm³/mol. The molecule has 1 aromatic rings. The summed E-state index contributed by atoms with van der Waals surface area (Å²) < 4.78 is 2.02. The molecule has 0 spiro atoms. The van der Waals surface area contributed by atoms with Gasteiger partial charge in [0.2, 0.25) is 5.91 Å². The van der Waals surface area contributed by atoms with E-state index < -0.39 is 0 Å². The van der Waals surface area contributed by atoms with Crippen LogP contribution in [0, 0.1) is 0 Å². The van der Waals surface area contributed by atoms with Gasteiger partial charge < -0.3 is 9.47 Å². The number of carbonyl (C=O) groups is 1. The van der Waals surface area contributed by atoms with Crippen molar-refractivity contribution in [1.29, 1.82) is 0 Å². The number of hydrogen-bond donors (Lipinski definition) is 0. The van der Waals surface area contributed by atoms with Crippen molar-refractivity contribution in [3.8, 4) is 0 Å². The second kappa shape index (κ2) is 6.88. The molecule has 1 saturated heterocycles. The highest BCUT2D eigenvalue weighted by molar-refractivity contribution is 5.81. The quantitative estimate of drug-likeness (QED) is 0.794. The molecular weight excluding hydrogens is 252 g/mol. The smallest absolute Gasteiger partial charge is 0.239 e. The average Bonchev–Trinajstić information content (AvgIpc) is 3.09. The molecule has 5 nitrogen and oxygen atoms in total. The van der Waals surface area contributed by atoms with Gasteiger partial charge in [-0.2, -0.15) is 0 Å². The molecule has 0 unspecified atom stereocenters. The predicted octanol–water partition coefficient (Wildman–Crippen LogP) is 1.64. The molecule has 1 atom stereocenters. The van der Waals surface area contributed by atoms with Crippen LogP contribution >= 0.6 is 0 Å². The fourth-order valence-electron chi connectivity index (χ4n) is 2.79. The first-order chi connectivity index (χ1) is 9.63. The van der Waals surface area contributed by atoms with Crippen molar-refractivity contribution in [3.05, 3.63) is 18.2 Å². The van der Waals surface area contributed by atoms with Gasteiger partial charge in [0.25, 0.3) is 0 Å². The zero-order valence-electron chi connectivity index (χ0n) is 12.9. The lowest BCUT2D eigenvalue weighted by Gasteiger charge is -2.30. The van der Waals surface area contributed by atoms with Crippen molar-refractivity contribution < 1.29 is 4.79 Å². The Bertz CT molecular complexity index is 437. The van der Waals surface area contributed by atoms with E-state index in [1.807, 2.05) is 35.8 Å². The van der Waals surface area contributed by atoms with E-state index in [-0.39, 0.29) is 11.9 Å². The Morgan fingerprint density at radius 2 is 2.15 bits per heavy atom. The summed E-state index contributed by atoms with van der Waals surface area (Å²) in [6.07, 6.45) is 7.10. The lowest BCUT2D eigenvalue weighted by Crippen LogP contribution is -2.46. The first-order valence-electron chi connectivity index (χ1n) is 7.62. The topological polar surface area (TPSA) is 41.4 Å². The standard InChI is InChI=1S/C15H26N4O/c1-4-8-19(12-14-16-7-11-17(14)3)13(2)15(20)18-9-5-6-10-18/h7,11,13H,4-6,8-10,12H2,1-3H3/t13-/m0/s1. The van der Waals surface area contributed by atoms with E-state index in [1.165, 1.54) is 0 Å². The summed E-state index contributed by atoms with van der Waals surface area (Å²) in [4.78, 5) is 21.2. The van der Waals surface area contributed by atoms with Crippen LogP contribution in [0.2, 0.25) is 0 Å². The van der Waals surface area contributed by atoms with Crippen LogP contribution in [0.1, 0.15) is 38.9 Å². The first kappa shape index (κ1) is 15.0. The number of rotatable bonds is 6. The number of aryl methyl sites for hydroxylation is 1. The van der Waals surface area contributed by atoms with Crippen molar-refractivity contribution >= 4 is 5.91 Å². The Hall–Kier alpha value is -1.36. The molecule has 0 radical (unpaired) electrons. The minimum absolute atomic E-state index is 0.0650. The van der Waals surface area contributed by atoms with Crippen molar-refractivity contribution in [1.82, 2.24) is 19.4 Å². The highest BCUT2D eigenvalue weighted by Crippen LogP contribution is 2.14. The molecule has 2 rings (SSSR count). The number of likely N-dealkylation sites (tertiary alicyclic amines) is 1. The summed E-state index contributed by atoms with van der Waals surface area (Å²) in [5.41, 5.74) is 0. The van der Waals surface area contributed by atoms with Gasteiger partial charge in [0.1, 0.15) is 5.82 Å². The largest absolute Gasteiger partial charge is 0.341 e. The van der Waals surface area contributed by atoms with Crippen LogP contribution in [0.25, 0.3) is 0 Å². The number of amides is 1. The van der Waals surface area contributed by atoms with Gasteiger partial charge in [-0.1, -0.05) is 6.92 Å². The van der Waals surface area contributed by atoms with E-state index in [9.17, 15) is 4.79 Å². The Kier molecular flexibility index (Phi) is 5.17. The van der Waals surface area contributed by atoms with Crippen LogP contribution in [0.5, 0.6) is 0 Å². The average molecular weight is 278 g/mol. The van der Waals surface area contributed by atoms with Gasteiger partial charge in [-0.15, -0.1) is 0 Å². The van der Waals surface area contributed by atoms with Gasteiger partial charge in [0.15, 0.2) is 0 Å². The molecule has 5 heteroatoms. The Morgan fingerprint density at radius 1 is 1.45 bits per heavy atom. The highest BCUT2D eigenvalue weighted by Gasteiger charge is 2.27. The van der Waals surface area contributed by atoms with E-state index in [4.69, 9.17) is 0 Å². The molecule has 0 saturated carbocycles. The summed E-state index contributed by atoms with van der Waals surface area (Å²) in [6.45, 7) is 7.68. The zero-order chi connectivity index (χ0) is 14.5. The van der Waals surface area contributed by atoms with Gasteiger partial charge >= 0.3 is 0 Å². The third kappa shape index (κ3) is 3.39. The van der Waals surface area contributed by atoms with Gasteiger partial charge in [-0.3, -0.25) is 9.69 Å². The number of imidazole rings is 1. The minimum atomic E-state index is -0.0650. The fraction of sp³-hybridized carbons (Fsp3) is 0.733. The molecule has 1 fully saturated rings. The zero-order valence-corrected chi connectivity index (χ0v) is 12.9. The maximum atomic E-state index is 12.5. The van der Waals surface area contributed by atoms with Gasteiger partial charge in [0.05, 0.1) is 12.6 Å². The van der Waals surface area contributed by atoms with E-state index >= 15 is 0 Å². The number of carbonyl (C=O) groups excluding carboxylic acids is 1. The lowest BCUT2D eigenvalue weighted by molar-refractivity contribution is -0.135. The SMILES string of the molecule is CCCN(Cc1nccn1C)[C@@H](C)C(=O)N1CCCC1. The van der Waals surface area contributed by atoms with Crippen molar-refractivity contribution in [2.45, 2.75) is 45.7 Å². The van der Waals surface area contributed by atoms with E-state index in [0.717, 1.165) is 51.3 Å². The Balaban J connectivity index is 2.03. The molecule has 1 amide bonds. The van der Waals surface area contributed by atoms with Crippen LogP contribution in [0.15, 0.2) is 12.4 Å². The minimum Gasteiger partial charge on any atom is -0.341 e. The molecule has 0 aromatic carbocycles. The van der Waals surface area contributed by atoms with Gasteiger partial charge in [-0.05, 0) is 32.7 Å². The highest BCUT2D eigenvalue weighted by atomic mass is 16.2. The van der Waals surface area contributed by atoms with Crippen LogP contribution < -0.4 is 0 Å². The monoisotopic (exact) mass is 278 g/mol. The van der Waals surface area contributed by atoms with Gasteiger partial charge in [0, 0.05) is 32.5 Å². The number of nitrogens with zero attached hydrogens (tertiary/aromatic N) is 4. The normalized spacial score (nSPS) is 16.9. The lowest BCUT2D eigenvalue weighted by atomic mass is 10.2. The second-order valence-electron chi connectivity index (χ2n) is 5.63. The summed E-state index contributed by atoms with van der Waals surface area (Å²) in [5, 5.41) is 0. The summed E-state index contributed by atoms with van der Waals surface area (Å²) in [5.74, 6) is 1.28. The molecule has 1 aromatic heterocycles. The molecule has 2 heterocycles. The van der Waals surface area contributed by atoms with Crippen molar-refractivity contribution in [2.24, 2.45) is 7.05 Å². The number of hydrogen-bond acceptors (Lipinski definition) is 3. The van der Waals surface area contributed by atoms with Crippen LogP contribution in [0.4, 0.5) is 0 Å². The first-order valence-corrected chi connectivity index (χ1v) is 7.62.